The van der Waals surface area contributed by atoms with Crippen LogP contribution in [0.2, 0.25) is 0 Å². The number of thiophene rings is 1. The van der Waals surface area contributed by atoms with Crippen molar-refractivity contribution in [3.63, 3.8) is 0 Å². The Balaban J connectivity index is 2.27. The van der Waals surface area contributed by atoms with E-state index >= 15 is 0 Å². The summed E-state index contributed by atoms with van der Waals surface area (Å²) >= 11 is 0.930. The van der Waals surface area contributed by atoms with E-state index in [0.717, 1.165) is 17.0 Å². The summed E-state index contributed by atoms with van der Waals surface area (Å²) < 4.78 is 26.5. The second kappa shape index (κ2) is 4.76. The molecule has 2 rings (SSSR count). The summed E-state index contributed by atoms with van der Waals surface area (Å²) in [6.07, 6.45) is 1.45. The Morgan fingerprint density at radius 2 is 2.11 bits per heavy atom. The molecule has 0 radical (unpaired) electrons. The van der Waals surface area contributed by atoms with Crippen molar-refractivity contribution >= 4 is 27.0 Å². The first kappa shape index (κ1) is 12.5. The van der Waals surface area contributed by atoms with Crippen LogP contribution in [-0.4, -0.2) is 13.4 Å². The van der Waals surface area contributed by atoms with Crippen molar-refractivity contribution in [2.45, 2.75) is 11.1 Å². The molecular formula is C11H9N3O2S2. The van der Waals surface area contributed by atoms with Crippen LogP contribution in [0.1, 0.15) is 10.6 Å². The minimum absolute atomic E-state index is 0.111. The van der Waals surface area contributed by atoms with E-state index < -0.39 is 10.0 Å². The van der Waals surface area contributed by atoms with E-state index in [1.165, 1.54) is 18.3 Å². The summed E-state index contributed by atoms with van der Waals surface area (Å²) in [6, 6.07) is 8.15. The van der Waals surface area contributed by atoms with Gasteiger partial charge in [-0.05, 0) is 31.2 Å². The van der Waals surface area contributed by atoms with E-state index in [9.17, 15) is 8.42 Å². The van der Waals surface area contributed by atoms with Gasteiger partial charge in [0.25, 0.3) is 10.0 Å². The lowest BCUT2D eigenvalue weighted by atomic mass is 10.4. The molecule has 2 aromatic rings. The maximum atomic E-state index is 12.0. The fourth-order valence-corrected chi connectivity index (χ4v) is 3.40. The number of nitrogens with zero attached hydrogens (tertiary/aromatic N) is 2. The van der Waals surface area contributed by atoms with E-state index in [0.29, 0.717) is 10.6 Å². The molecule has 0 aliphatic rings. The van der Waals surface area contributed by atoms with Crippen LogP contribution in [-0.2, 0) is 10.0 Å². The van der Waals surface area contributed by atoms with Gasteiger partial charge in [0.05, 0.1) is 11.9 Å². The van der Waals surface area contributed by atoms with Crippen molar-refractivity contribution in [3.05, 3.63) is 41.0 Å². The molecule has 0 saturated carbocycles. The molecule has 0 unspecified atom stereocenters. The molecule has 18 heavy (non-hydrogen) atoms. The average molecular weight is 279 g/mol. The Labute approximate surface area is 109 Å². The van der Waals surface area contributed by atoms with Gasteiger partial charge in [-0.2, -0.15) is 5.26 Å². The third kappa shape index (κ3) is 2.67. The Bertz CT molecular complexity index is 697. The normalized spacial score (nSPS) is 10.9. The number of nitriles is 1. The Morgan fingerprint density at radius 1 is 1.33 bits per heavy atom. The number of pyridine rings is 1. The Hall–Kier alpha value is -1.91. The molecule has 0 aliphatic carbocycles. The quantitative estimate of drug-likeness (QED) is 0.932. The molecule has 0 aromatic carbocycles. The topological polar surface area (TPSA) is 82.9 Å². The van der Waals surface area contributed by atoms with Gasteiger partial charge in [0.15, 0.2) is 0 Å². The van der Waals surface area contributed by atoms with Crippen molar-refractivity contribution < 1.29 is 8.42 Å². The minimum atomic E-state index is -3.64. The molecule has 92 valence electrons. The first-order valence-electron chi connectivity index (χ1n) is 4.97. The number of rotatable bonds is 3. The standard InChI is InChI=1S/C11H9N3O2S2/c1-8-2-3-9(7-13-8)14-18(15,16)11-5-4-10(6-12)17-11/h2-5,7,14H,1H3. The van der Waals surface area contributed by atoms with Crippen molar-refractivity contribution in [1.29, 1.82) is 5.26 Å². The molecular weight excluding hydrogens is 270 g/mol. The van der Waals surface area contributed by atoms with Crippen molar-refractivity contribution in [3.8, 4) is 6.07 Å². The van der Waals surface area contributed by atoms with Crippen molar-refractivity contribution in [2.24, 2.45) is 0 Å². The molecule has 5 nitrogen and oxygen atoms in total. The number of anilines is 1. The second-order valence-electron chi connectivity index (χ2n) is 3.52. The van der Waals surface area contributed by atoms with Gasteiger partial charge in [-0.1, -0.05) is 0 Å². The van der Waals surface area contributed by atoms with Crippen LogP contribution in [0.15, 0.2) is 34.7 Å². The highest BCUT2D eigenvalue weighted by Crippen LogP contribution is 2.23. The third-order valence-corrected chi connectivity index (χ3v) is 4.98. The molecule has 0 bridgehead atoms. The largest absolute Gasteiger partial charge is 0.277 e. The summed E-state index contributed by atoms with van der Waals surface area (Å²) in [5, 5.41) is 8.67. The fourth-order valence-electron chi connectivity index (χ4n) is 1.26. The molecule has 0 amide bonds. The molecule has 0 atom stereocenters. The molecule has 0 aliphatic heterocycles. The average Bonchev–Trinajstić information content (AvgIpc) is 2.81. The predicted molar refractivity (Wildman–Crippen MR) is 68.8 cm³/mol. The highest BCUT2D eigenvalue weighted by Gasteiger charge is 2.17. The van der Waals surface area contributed by atoms with Gasteiger partial charge in [0.2, 0.25) is 0 Å². The van der Waals surface area contributed by atoms with Crippen LogP contribution in [0.25, 0.3) is 0 Å². The van der Waals surface area contributed by atoms with Crippen LogP contribution in [0, 0.1) is 18.3 Å². The van der Waals surface area contributed by atoms with Crippen molar-refractivity contribution in [2.75, 3.05) is 4.72 Å². The first-order chi connectivity index (χ1) is 8.51. The van der Waals surface area contributed by atoms with Gasteiger partial charge in [-0.15, -0.1) is 11.3 Å². The highest BCUT2D eigenvalue weighted by molar-refractivity contribution is 7.94. The van der Waals surface area contributed by atoms with Gasteiger partial charge in [-0.3, -0.25) is 9.71 Å². The summed E-state index contributed by atoms with van der Waals surface area (Å²) in [4.78, 5) is 4.36. The maximum absolute atomic E-state index is 12.0. The first-order valence-corrected chi connectivity index (χ1v) is 7.26. The zero-order chi connectivity index (χ0) is 13.2. The molecule has 2 heterocycles. The molecule has 0 spiro atoms. The van der Waals surface area contributed by atoms with E-state index in [1.54, 1.807) is 12.1 Å². The molecule has 0 fully saturated rings. The lowest BCUT2D eigenvalue weighted by Gasteiger charge is -2.05. The number of hydrogen-bond acceptors (Lipinski definition) is 5. The zero-order valence-electron chi connectivity index (χ0n) is 9.41. The van der Waals surface area contributed by atoms with Crippen LogP contribution in [0.3, 0.4) is 0 Å². The van der Waals surface area contributed by atoms with E-state index in [2.05, 4.69) is 9.71 Å². The summed E-state index contributed by atoms with van der Waals surface area (Å²) in [5.41, 5.74) is 1.20. The van der Waals surface area contributed by atoms with Crippen LogP contribution >= 0.6 is 11.3 Å². The summed E-state index contributed by atoms with van der Waals surface area (Å²) in [6.45, 7) is 1.82. The lowest BCUT2D eigenvalue weighted by molar-refractivity contribution is 0.603. The predicted octanol–water partition coefficient (Wildman–Crippen LogP) is 2.12. The number of sulfonamides is 1. The van der Waals surface area contributed by atoms with Gasteiger partial charge in [0.1, 0.15) is 15.2 Å². The number of aromatic nitrogens is 1. The molecule has 1 N–H and O–H groups in total. The van der Waals surface area contributed by atoms with E-state index in [-0.39, 0.29) is 4.21 Å². The number of nitrogens with one attached hydrogen (secondary N) is 1. The monoisotopic (exact) mass is 279 g/mol. The number of hydrogen-bond donors (Lipinski definition) is 1. The van der Waals surface area contributed by atoms with Gasteiger partial charge < -0.3 is 0 Å². The SMILES string of the molecule is Cc1ccc(NS(=O)(=O)c2ccc(C#N)s2)cn1. The summed E-state index contributed by atoms with van der Waals surface area (Å²) in [7, 11) is -3.64. The third-order valence-electron chi connectivity index (χ3n) is 2.12. The lowest BCUT2D eigenvalue weighted by Crippen LogP contribution is -2.11. The molecule has 2 aromatic heterocycles. The van der Waals surface area contributed by atoms with Gasteiger partial charge in [0, 0.05) is 5.69 Å². The Kier molecular flexibility index (Phi) is 3.32. The molecule has 7 heteroatoms. The fraction of sp³-hybridized carbons (Fsp3) is 0.0909. The zero-order valence-corrected chi connectivity index (χ0v) is 11.0. The van der Waals surface area contributed by atoms with Gasteiger partial charge in [-0.25, -0.2) is 8.42 Å². The highest BCUT2D eigenvalue weighted by atomic mass is 32.2. The smallest absolute Gasteiger partial charge is 0.271 e. The van der Waals surface area contributed by atoms with E-state index in [4.69, 9.17) is 5.26 Å². The van der Waals surface area contributed by atoms with Crippen molar-refractivity contribution in [1.82, 2.24) is 4.98 Å². The molecule has 0 saturated heterocycles. The van der Waals surface area contributed by atoms with Crippen LogP contribution < -0.4 is 4.72 Å². The van der Waals surface area contributed by atoms with E-state index in [1.807, 2.05) is 13.0 Å². The second-order valence-corrected chi connectivity index (χ2v) is 6.52. The van der Waals surface area contributed by atoms with Gasteiger partial charge >= 0.3 is 0 Å². The summed E-state index contributed by atoms with van der Waals surface area (Å²) in [5.74, 6) is 0. The number of aryl methyl sites for hydroxylation is 1. The maximum Gasteiger partial charge on any atom is 0.271 e. The Morgan fingerprint density at radius 3 is 2.67 bits per heavy atom. The minimum Gasteiger partial charge on any atom is -0.277 e. The van der Waals surface area contributed by atoms with Crippen LogP contribution in [0.4, 0.5) is 5.69 Å². The van der Waals surface area contributed by atoms with Crippen LogP contribution in [0.5, 0.6) is 0 Å².